The van der Waals surface area contributed by atoms with Gasteiger partial charge in [-0.3, -0.25) is 0 Å². The molecule has 1 fully saturated rings. The molecule has 1 aliphatic heterocycles. The third-order valence-corrected chi connectivity index (χ3v) is 4.67. The average Bonchev–Trinajstić information content (AvgIpc) is 2.89. The van der Waals surface area contributed by atoms with Gasteiger partial charge in [-0.1, -0.05) is 12.1 Å². The molecule has 1 atom stereocenters. The van der Waals surface area contributed by atoms with Crippen LogP contribution in [0.2, 0.25) is 0 Å². The zero-order chi connectivity index (χ0) is 13.2. The minimum absolute atomic E-state index is 0.419. The molecule has 1 unspecified atom stereocenters. The molecule has 1 saturated carbocycles. The Hall–Kier alpha value is -1.06. The predicted octanol–water partition coefficient (Wildman–Crippen LogP) is 2.40. The van der Waals surface area contributed by atoms with Crippen LogP contribution in [0.5, 0.6) is 5.75 Å². The topological polar surface area (TPSA) is 47.3 Å². The molecular weight excluding hydrogens is 236 g/mol. The number of rotatable bonds is 3. The van der Waals surface area contributed by atoms with Gasteiger partial charge in [0.1, 0.15) is 5.75 Å². The van der Waals surface area contributed by atoms with E-state index in [1.165, 1.54) is 24.0 Å². The number of ether oxygens (including phenoxy) is 1. The van der Waals surface area contributed by atoms with Crippen molar-refractivity contribution in [1.29, 1.82) is 0 Å². The lowest BCUT2D eigenvalue weighted by atomic mass is 9.79. The summed E-state index contributed by atoms with van der Waals surface area (Å²) in [5.74, 6) is 1.79. The maximum atomic E-state index is 6.01. The van der Waals surface area contributed by atoms with E-state index in [9.17, 15) is 0 Å². The quantitative estimate of drug-likeness (QED) is 0.877. The molecule has 19 heavy (non-hydrogen) atoms. The molecule has 0 aromatic heterocycles. The lowest BCUT2D eigenvalue weighted by Gasteiger charge is -2.33. The van der Waals surface area contributed by atoms with E-state index in [1.54, 1.807) is 0 Å². The molecule has 3 heteroatoms. The van der Waals surface area contributed by atoms with Crippen LogP contribution in [0.4, 0.5) is 0 Å². The van der Waals surface area contributed by atoms with Gasteiger partial charge in [0.05, 0.1) is 6.61 Å². The van der Waals surface area contributed by atoms with Crippen LogP contribution < -0.4 is 15.8 Å². The molecule has 0 saturated heterocycles. The highest BCUT2D eigenvalue weighted by Crippen LogP contribution is 2.36. The van der Waals surface area contributed by atoms with Crippen LogP contribution in [0.1, 0.15) is 42.9 Å². The van der Waals surface area contributed by atoms with Crippen LogP contribution in [0, 0.1) is 5.92 Å². The summed E-state index contributed by atoms with van der Waals surface area (Å²) in [6, 6.07) is 7.56. The van der Waals surface area contributed by atoms with Crippen LogP contribution >= 0.6 is 0 Å². The summed E-state index contributed by atoms with van der Waals surface area (Å²) in [6.07, 6.45) is 5.85. The van der Waals surface area contributed by atoms with Gasteiger partial charge in [-0.2, -0.15) is 0 Å². The fraction of sp³-hybridized carbons (Fsp3) is 0.625. The van der Waals surface area contributed by atoms with Crippen molar-refractivity contribution in [3.05, 3.63) is 29.3 Å². The molecule has 3 N–H and O–H groups in total. The Kier molecular flexibility index (Phi) is 3.76. The second-order valence-electron chi connectivity index (χ2n) is 5.91. The van der Waals surface area contributed by atoms with E-state index in [-0.39, 0.29) is 0 Å². The summed E-state index contributed by atoms with van der Waals surface area (Å²) in [6.45, 7) is 0.835. The van der Waals surface area contributed by atoms with E-state index >= 15 is 0 Å². The minimum Gasteiger partial charge on any atom is -0.493 e. The second kappa shape index (κ2) is 5.51. The minimum atomic E-state index is 0.419. The molecule has 0 amide bonds. The Balaban J connectivity index is 1.78. The van der Waals surface area contributed by atoms with Crippen molar-refractivity contribution in [3.8, 4) is 5.75 Å². The smallest absolute Gasteiger partial charge is 0.122 e. The van der Waals surface area contributed by atoms with Crippen molar-refractivity contribution < 1.29 is 4.74 Å². The van der Waals surface area contributed by atoms with Crippen molar-refractivity contribution in [2.45, 2.75) is 44.2 Å². The molecule has 104 valence electrons. The van der Waals surface area contributed by atoms with E-state index in [2.05, 4.69) is 30.6 Å². The highest BCUT2D eigenvalue weighted by atomic mass is 16.5. The molecule has 2 aliphatic rings. The van der Waals surface area contributed by atoms with Gasteiger partial charge in [0, 0.05) is 18.5 Å². The fourth-order valence-electron chi connectivity index (χ4n) is 3.55. The summed E-state index contributed by atoms with van der Waals surface area (Å²) in [5, 5.41) is 3.51. The molecule has 3 nitrogen and oxygen atoms in total. The first kappa shape index (κ1) is 12.9. The van der Waals surface area contributed by atoms with Crippen LogP contribution in [-0.4, -0.2) is 19.7 Å². The predicted molar refractivity (Wildman–Crippen MR) is 77.4 cm³/mol. The number of nitrogens with one attached hydrogen (secondary N) is 1. The third-order valence-electron chi connectivity index (χ3n) is 4.67. The van der Waals surface area contributed by atoms with Gasteiger partial charge < -0.3 is 15.8 Å². The largest absolute Gasteiger partial charge is 0.493 e. The molecule has 0 bridgehead atoms. The molecular formula is C16H24N2O. The molecule has 1 heterocycles. The standard InChI is InChI=1S/C16H24N2O/c1-18-16(11-2-5-14(17)6-3-11)13-4-7-15-12(10-13)8-9-19-15/h4,7,10-11,14,16,18H,2-3,5-6,8-9,17H2,1H3. The summed E-state index contributed by atoms with van der Waals surface area (Å²) in [7, 11) is 2.07. The number of nitrogens with two attached hydrogens (primary N) is 1. The Bertz CT molecular complexity index is 438. The van der Waals surface area contributed by atoms with Crippen LogP contribution in [0.15, 0.2) is 18.2 Å². The Labute approximate surface area is 115 Å². The third kappa shape index (κ3) is 2.63. The maximum Gasteiger partial charge on any atom is 0.122 e. The van der Waals surface area contributed by atoms with E-state index in [0.717, 1.165) is 31.6 Å². The first-order valence-electron chi connectivity index (χ1n) is 7.46. The van der Waals surface area contributed by atoms with Crippen molar-refractivity contribution >= 4 is 0 Å². The van der Waals surface area contributed by atoms with E-state index in [0.29, 0.717) is 18.0 Å². The van der Waals surface area contributed by atoms with Crippen molar-refractivity contribution in [1.82, 2.24) is 5.32 Å². The SMILES string of the molecule is CNC(c1ccc2c(c1)CCO2)C1CCC(N)CC1. The van der Waals surface area contributed by atoms with Crippen LogP contribution in [0.3, 0.4) is 0 Å². The van der Waals surface area contributed by atoms with Crippen molar-refractivity contribution in [2.24, 2.45) is 11.7 Å². The number of hydrogen-bond acceptors (Lipinski definition) is 3. The zero-order valence-corrected chi connectivity index (χ0v) is 11.7. The number of hydrogen-bond donors (Lipinski definition) is 2. The Morgan fingerprint density at radius 3 is 2.79 bits per heavy atom. The zero-order valence-electron chi connectivity index (χ0n) is 11.7. The molecule has 0 spiro atoms. The molecule has 3 rings (SSSR count). The normalized spacial score (nSPS) is 27.7. The van der Waals surface area contributed by atoms with E-state index in [4.69, 9.17) is 10.5 Å². The van der Waals surface area contributed by atoms with Gasteiger partial charge in [-0.25, -0.2) is 0 Å². The van der Waals surface area contributed by atoms with Gasteiger partial charge in [0.25, 0.3) is 0 Å². The Morgan fingerprint density at radius 1 is 1.26 bits per heavy atom. The van der Waals surface area contributed by atoms with Gasteiger partial charge in [-0.05, 0) is 55.8 Å². The van der Waals surface area contributed by atoms with Gasteiger partial charge in [-0.15, -0.1) is 0 Å². The highest BCUT2D eigenvalue weighted by molar-refractivity contribution is 5.41. The monoisotopic (exact) mass is 260 g/mol. The second-order valence-corrected chi connectivity index (χ2v) is 5.91. The van der Waals surface area contributed by atoms with Gasteiger partial charge >= 0.3 is 0 Å². The summed E-state index contributed by atoms with van der Waals surface area (Å²) in [5.41, 5.74) is 8.79. The molecule has 1 aliphatic carbocycles. The number of fused-ring (bicyclic) bond motifs is 1. The maximum absolute atomic E-state index is 6.01. The van der Waals surface area contributed by atoms with Crippen LogP contribution in [-0.2, 0) is 6.42 Å². The van der Waals surface area contributed by atoms with Gasteiger partial charge in [0.15, 0.2) is 0 Å². The first-order chi connectivity index (χ1) is 9.28. The molecule has 1 aromatic carbocycles. The summed E-state index contributed by atoms with van der Waals surface area (Å²) < 4.78 is 5.59. The molecule has 1 aromatic rings. The van der Waals surface area contributed by atoms with Crippen molar-refractivity contribution in [3.63, 3.8) is 0 Å². The first-order valence-corrected chi connectivity index (χ1v) is 7.46. The fourth-order valence-corrected chi connectivity index (χ4v) is 3.55. The summed E-state index contributed by atoms with van der Waals surface area (Å²) in [4.78, 5) is 0. The lowest BCUT2D eigenvalue weighted by molar-refractivity contribution is 0.262. The number of benzene rings is 1. The highest BCUT2D eigenvalue weighted by Gasteiger charge is 2.27. The van der Waals surface area contributed by atoms with E-state index < -0.39 is 0 Å². The molecule has 0 radical (unpaired) electrons. The Morgan fingerprint density at radius 2 is 2.05 bits per heavy atom. The van der Waals surface area contributed by atoms with E-state index in [1.807, 2.05) is 0 Å². The van der Waals surface area contributed by atoms with Crippen molar-refractivity contribution in [2.75, 3.05) is 13.7 Å². The van der Waals surface area contributed by atoms with Crippen LogP contribution in [0.25, 0.3) is 0 Å². The lowest BCUT2D eigenvalue weighted by Crippen LogP contribution is -2.33. The van der Waals surface area contributed by atoms with Gasteiger partial charge in [0.2, 0.25) is 0 Å². The average molecular weight is 260 g/mol. The summed E-state index contributed by atoms with van der Waals surface area (Å²) >= 11 is 0.